The lowest BCUT2D eigenvalue weighted by atomic mass is 10.2. The molecule has 0 unspecified atom stereocenters. The molecule has 0 radical (unpaired) electrons. The minimum atomic E-state index is -0.322. The lowest BCUT2D eigenvalue weighted by Gasteiger charge is -2.06. The Labute approximate surface area is 97.1 Å². The fourth-order valence-corrected chi connectivity index (χ4v) is 1.39. The van der Waals surface area contributed by atoms with Crippen LogP contribution in [0.2, 0.25) is 10.0 Å². The number of halogens is 2. The third-order valence-electron chi connectivity index (χ3n) is 1.72. The first-order chi connectivity index (χ1) is 7.16. The van der Waals surface area contributed by atoms with E-state index in [-0.39, 0.29) is 17.5 Å². The Balaban J connectivity index is 2.69. The van der Waals surface area contributed by atoms with Gasteiger partial charge in [-0.15, -0.1) is 0 Å². The second-order valence-electron chi connectivity index (χ2n) is 2.77. The third-order valence-corrected chi connectivity index (χ3v) is 2.54. The SMILES string of the molecule is O=C(NCCNO)c1cccc(Cl)c1Cl. The molecule has 6 heteroatoms. The molecule has 3 N–H and O–H groups in total. The van der Waals surface area contributed by atoms with E-state index in [9.17, 15) is 4.79 Å². The fourth-order valence-electron chi connectivity index (χ4n) is 1.01. The van der Waals surface area contributed by atoms with Gasteiger partial charge in [-0.1, -0.05) is 29.3 Å². The molecule has 0 aliphatic carbocycles. The number of carbonyl (C=O) groups is 1. The Kier molecular flexibility index (Phi) is 4.84. The van der Waals surface area contributed by atoms with Gasteiger partial charge in [-0.3, -0.25) is 4.79 Å². The molecule has 82 valence electrons. The van der Waals surface area contributed by atoms with Crippen LogP contribution in [0.5, 0.6) is 0 Å². The summed E-state index contributed by atoms with van der Waals surface area (Å²) in [5, 5.41) is 11.4. The van der Waals surface area contributed by atoms with Crippen molar-refractivity contribution < 1.29 is 10.0 Å². The maximum absolute atomic E-state index is 11.5. The summed E-state index contributed by atoms with van der Waals surface area (Å²) < 4.78 is 0. The first-order valence-electron chi connectivity index (χ1n) is 4.26. The highest BCUT2D eigenvalue weighted by Crippen LogP contribution is 2.25. The second kappa shape index (κ2) is 5.92. The smallest absolute Gasteiger partial charge is 0.252 e. The Morgan fingerprint density at radius 2 is 2.07 bits per heavy atom. The number of benzene rings is 1. The largest absolute Gasteiger partial charge is 0.351 e. The van der Waals surface area contributed by atoms with Gasteiger partial charge in [0.05, 0.1) is 15.6 Å². The van der Waals surface area contributed by atoms with Gasteiger partial charge in [0.25, 0.3) is 5.91 Å². The Morgan fingerprint density at radius 3 is 2.73 bits per heavy atom. The molecule has 4 nitrogen and oxygen atoms in total. The summed E-state index contributed by atoms with van der Waals surface area (Å²) in [6, 6.07) is 4.83. The van der Waals surface area contributed by atoms with Crippen molar-refractivity contribution in [3.05, 3.63) is 33.8 Å². The van der Waals surface area contributed by atoms with Crippen LogP contribution >= 0.6 is 23.2 Å². The summed E-state index contributed by atoms with van der Waals surface area (Å²) in [6.07, 6.45) is 0. The first kappa shape index (κ1) is 12.3. The molecule has 0 atom stereocenters. The van der Waals surface area contributed by atoms with Crippen LogP contribution in [-0.4, -0.2) is 24.2 Å². The van der Waals surface area contributed by atoms with E-state index in [0.29, 0.717) is 17.1 Å². The van der Waals surface area contributed by atoms with Gasteiger partial charge < -0.3 is 10.5 Å². The number of hydrogen-bond acceptors (Lipinski definition) is 3. The summed E-state index contributed by atoms with van der Waals surface area (Å²) in [7, 11) is 0. The lowest BCUT2D eigenvalue weighted by Crippen LogP contribution is -2.30. The second-order valence-corrected chi connectivity index (χ2v) is 3.55. The van der Waals surface area contributed by atoms with Crippen LogP contribution in [-0.2, 0) is 0 Å². The van der Waals surface area contributed by atoms with Gasteiger partial charge in [-0.25, -0.2) is 5.48 Å². The first-order valence-corrected chi connectivity index (χ1v) is 5.01. The Hall–Kier alpha value is -0.810. The van der Waals surface area contributed by atoms with E-state index in [1.165, 1.54) is 0 Å². The van der Waals surface area contributed by atoms with Gasteiger partial charge >= 0.3 is 0 Å². The van der Waals surface area contributed by atoms with Crippen molar-refractivity contribution >= 4 is 29.1 Å². The maximum Gasteiger partial charge on any atom is 0.252 e. The summed E-state index contributed by atoms with van der Waals surface area (Å²) in [5.74, 6) is -0.322. The number of carbonyl (C=O) groups excluding carboxylic acids is 1. The average Bonchev–Trinajstić information content (AvgIpc) is 2.22. The van der Waals surface area contributed by atoms with Crippen LogP contribution < -0.4 is 10.8 Å². The van der Waals surface area contributed by atoms with Crippen molar-refractivity contribution in [1.29, 1.82) is 0 Å². The van der Waals surface area contributed by atoms with E-state index in [4.69, 9.17) is 28.4 Å². The standard InChI is InChI=1S/C9H10Cl2N2O2/c10-7-3-1-2-6(8(7)11)9(14)12-4-5-13-15/h1-3,13,15H,4-5H2,(H,12,14). The highest BCUT2D eigenvalue weighted by Gasteiger charge is 2.11. The molecule has 0 aliphatic rings. The van der Waals surface area contributed by atoms with Crippen LogP contribution in [0.3, 0.4) is 0 Å². The van der Waals surface area contributed by atoms with Gasteiger partial charge in [0.2, 0.25) is 0 Å². The normalized spacial score (nSPS) is 10.1. The molecule has 1 amide bonds. The molecular formula is C9H10Cl2N2O2. The molecule has 0 saturated carbocycles. The van der Waals surface area contributed by atoms with Crippen LogP contribution in [0.25, 0.3) is 0 Å². The monoisotopic (exact) mass is 248 g/mol. The average molecular weight is 249 g/mol. The van der Waals surface area contributed by atoms with Crippen molar-refractivity contribution in [2.24, 2.45) is 0 Å². The topological polar surface area (TPSA) is 61.4 Å². The van der Waals surface area contributed by atoms with Gasteiger partial charge in [-0.2, -0.15) is 0 Å². The van der Waals surface area contributed by atoms with Crippen LogP contribution in [0.4, 0.5) is 0 Å². The molecule has 0 aliphatic heterocycles. The van der Waals surface area contributed by atoms with E-state index < -0.39 is 0 Å². The number of hydrogen-bond donors (Lipinski definition) is 3. The van der Waals surface area contributed by atoms with Crippen molar-refractivity contribution in [2.45, 2.75) is 0 Å². The molecule has 0 fully saturated rings. The van der Waals surface area contributed by atoms with Crippen molar-refractivity contribution in [2.75, 3.05) is 13.1 Å². The maximum atomic E-state index is 11.5. The van der Waals surface area contributed by atoms with Gasteiger partial charge in [-0.05, 0) is 12.1 Å². The molecular weight excluding hydrogens is 239 g/mol. The number of nitrogens with one attached hydrogen (secondary N) is 2. The molecule has 1 aromatic carbocycles. The summed E-state index contributed by atoms with van der Waals surface area (Å²) >= 11 is 11.6. The zero-order valence-corrected chi connectivity index (χ0v) is 9.27. The molecule has 15 heavy (non-hydrogen) atoms. The van der Waals surface area contributed by atoms with E-state index in [1.807, 2.05) is 5.48 Å². The summed E-state index contributed by atoms with van der Waals surface area (Å²) in [6.45, 7) is 0.572. The zero-order valence-electron chi connectivity index (χ0n) is 7.76. The van der Waals surface area contributed by atoms with E-state index in [2.05, 4.69) is 5.32 Å². The fraction of sp³-hybridized carbons (Fsp3) is 0.222. The molecule has 0 aromatic heterocycles. The molecule has 1 aromatic rings. The third kappa shape index (κ3) is 3.35. The minimum Gasteiger partial charge on any atom is -0.351 e. The Morgan fingerprint density at radius 1 is 1.33 bits per heavy atom. The van der Waals surface area contributed by atoms with E-state index in [1.54, 1.807) is 18.2 Å². The van der Waals surface area contributed by atoms with Crippen LogP contribution in [0, 0.1) is 0 Å². The molecule has 1 rings (SSSR count). The molecule has 0 heterocycles. The van der Waals surface area contributed by atoms with Crippen molar-refractivity contribution in [3.63, 3.8) is 0 Å². The summed E-state index contributed by atoms with van der Waals surface area (Å²) in [5.41, 5.74) is 2.25. The quantitative estimate of drug-likeness (QED) is 0.562. The number of rotatable bonds is 4. The minimum absolute atomic E-state index is 0.230. The molecule has 0 bridgehead atoms. The van der Waals surface area contributed by atoms with Crippen molar-refractivity contribution in [3.8, 4) is 0 Å². The highest BCUT2D eigenvalue weighted by molar-refractivity contribution is 6.43. The van der Waals surface area contributed by atoms with Crippen molar-refractivity contribution in [1.82, 2.24) is 10.8 Å². The Bertz CT molecular complexity index is 358. The van der Waals surface area contributed by atoms with Gasteiger partial charge in [0.15, 0.2) is 0 Å². The predicted octanol–water partition coefficient (Wildman–Crippen LogP) is 1.70. The molecule has 0 saturated heterocycles. The van der Waals surface area contributed by atoms with Gasteiger partial charge in [0, 0.05) is 13.1 Å². The summed E-state index contributed by atoms with van der Waals surface area (Å²) in [4.78, 5) is 11.5. The van der Waals surface area contributed by atoms with Gasteiger partial charge in [0.1, 0.15) is 0 Å². The van der Waals surface area contributed by atoms with Crippen LogP contribution in [0.15, 0.2) is 18.2 Å². The van der Waals surface area contributed by atoms with E-state index >= 15 is 0 Å². The number of hydroxylamine groups is 1. The lowest BCUT2D eigenvalue weighted by molar-refractivity contribution is 0.0945. The van der Waals surface area contributed by atoms with E-state index in [0.717, 1.165) is 0 Å². The highest BCUT2D eigenvalue weighted by atomic mass is 35.5. The number of amides is 1. The predicted molar refractivity (Wildman–Crippen MR) is 58.6 cm³/mol. The van der Waals surface area contributed by atoms with Crippen LogP contribution in [0.1, 0.15) is 10.4 Å². The molecule has 0 spiro atoms. The zero-order chi connectivity index (χ0) is 11.3.